The lowest BCUT2D eigenvalue weighted by Crippen LogP contribution is -2.71. The van der Waals surface area contributed by atoms with E-state index < -0.39 is 47.4 Å². The summed E-state index contributed by atoms with van der Waals surface area (Å²) in [6, 6.07) is -1.05. The van der Waals surface area contributed by atoms with Crippen LogP contribution in [0.1, 0.15) is 33.0 Å². The van der Waals surface area contributed by atoms with Crippen LogP contribution in [0.25, 0.3) is 0 Å². The summed E-state index contributed by atoms with van der Waals surface area (Å²) in [4.78, 5) is 70.4. The van der Waals surface area contributed by atoms with E-state index in [-0.39, 0.29) is 46.4 Å². The number of carboxylic acids is 1. The molecule has 0 saturated carbocycles. The third kappa shape index (κ3) is 5.94. The molecule has 2 aliphatic rings. The zero-order valence-corrected chi connectivity index (χ0v) is 20.5. The highest BCUT2D eigenvalue weighted by Crippen LogP contribution is 2.40. The Morgan fingerprint density at radius 3 is 2.63 bits per heavy atom. The van der Waals surface area contributed by atoms with Gasteiger partial charge in [0, 0.05) is 22.9 Å². The molecule has 4 N–H and O–H groups in total. The van der Waals surface area contributed by atoms with Crippen LogP contribution in [0.2, 0.25) is 0 Å². The number of ether oxygens (including phenoxy) is 1. The number of nitrogen functional groups attached to an aromatic ring is 1. The molecule has 0 aliphatic carbocycles. The van der Waals surface area contributed by atoms with E-state index in [0.717, 1.165) is 16.4 Å². The smallest absolute Gasteiger partial charge is 0.352 e. The van der Waals surface area contributed by atoms with Crippen molar-refractivity contribution in [1.82, 2.24) is 19.6 Å². The number of thioether (sulfide) groups is 1. The number of Topliss-reactive ketones (excluding diaryl/α,β-unsaturated/α-hetero) is 1. The molecule has 3 rings (SSSR count). The van der Waals surface area contributed by atoms with Gasteiger partial charge in [-0.05, 0) is 20.8 Å². The van der Waals surface area contributed by atoms with Crippen molar-refractivity contribution in [3.05, 3.63) is 17.1 Å². The summed E-state index contributed by atoms with van der Waals surface area (Å²) < 4.78 is 8.93. The van der Waals surface area contributed by atoms with E-state index in [4.69, 9.17) is 15.3 Å². The second-order valence-electron chi connectivity index (χ2n) is 7.71. The zero-order valence-electron chi connectivity index (χ0n) is 18.8. The van der Waals surface area contributed by atoms with Crippen molar-refractivity contribution in [3.63, 3.8) is 0 Å². The number of nitrogens with one attached hydrogen (secondary N) is 1. The summed E-state index contributed by atoms with van der Waals surface area (Å²) in [5, 5.41) is 15.4. The maximum atomic E-state index is 12.9. The molecular weight excluding hydrogens is 504 g/mol. The lowest BCUT2D eigenvalue weighted by atomic mass is 10.0. The number of fused-ring (bicyclic) bond motifs is 1. The number of carbonyl (C=O) groups excluding carboxylic acids is 4. The number of carboxylic acid groups (broad SMARTS) is 1. The minimum Gasteiger partial charge on any atom is -0.477 e. The molecule has 1 aromatic heterocycles. The third-order valence-electron chi connectivity index (χ3n) is 4.56. The molecule has 1 saturated heterocycles. The third-order valence-corrected chi connectivity index (χ3v) is 6.44. The molecule has 188 valence electrons. The fourth-order valence-electron chi connectivity index (χ4n) is 3.10. The van der Waals surface area contributed by atoms with Crippen LogP contribution >= 0.6 is 23.3 Å². The second-order valence-corrected chi connectivity index (χ2v) is 9.60. The van der Waals surface area contributed by atoms with Crippen molar-refractivity contribution in [2.75, 3.05) is 18.1 Å². The number of aliphatic carboxylic acids is 1. The van der Waals surface area contributed by atoms with Gasteiger partial charge in [0.25, 0.3) is 11.8 Å². The van der Waals surface area contributed by atoms with Gasteiger partial charge >= 0.3 is 11.9 Å². The number of rotatable bonds is 10. The Kier molecular flexibility index (Phi) is 8.06. The van der Waals surface area contributed by atoms with Gasteiger partial charge in [0.05, 0.1) is 0 Å². The Balaban J connectivity index is 1.75. The summed E-state index contributed by atoms with van der Waals surface area (Å²) in [7, 11) is 0. The highest BCUT2D eigenvalue weighted by molar-refractivity contribution is 8.00. The largest absolute Gasteiger partial charge is 0.477 e. The first kappa shape index (κ1) is 26.1. The number of hydrogen-bond donors (Lipinski definition) is 3. The van der Waals surface area contributed by atoms with Crippen molar-refractivity contribution in [2.45, 2.75) is 44.7 Å². The van der Waals surface area contributed by atoms with Crippen LogP contribution in [0.15, 0.2) is 16.4 Å². The second kappa shape index (κ2) is 10.8. The normalized spacial score (nSPS) is 19.7. The van der Waals surface area contributed by atoms with E-state index in [1.807, 2.05) is 0 Å². The quantitative estimate of drug-likeness (QED) is 0.116. The molecule has 14 nitrogen and oxygen atoms in total. The number of nitrogens with two attached hydrogens (primary N) is 1. The number of aromatic nitrogens is 2. The molecule has 0 radical (unpaired) electrons. The Morgan fingerprint density at radius 2 is 2.06 bits per heavy atom. The standard InChI is InChI=1S/C19H22N6O8S2/c1-7(2)33-23-11(14-22-19(20)35-24-14)15(28)21-12-16(29)25-13(18(30)31)9(6-34-17(12)25)5-32-10(27)4-8(3)26/h7,12,17H,4-6H2,1-3H3,(H,21,28)(H,30,31)(H2,20,22,24)/t12?,17-/m1/s1. The molecule has 35 heavy (non-hydrogen) atoms. The zero-order chi connectivity index (χ0) is 25.9. The average molecular weight is 527 g/mol. The predicted molar refractivity (Wildman–Crippen MR) is 123 cm³/mol. The monoisotopic (exact) mass is 526 g/mol. The van der Waals surface area contributed by atoms with Crippen LogP contribution in [-0.2, 0) is 33.5 Å². The van der Waals surface area contributed by atoms with Crippen LogP contribution < -0.4 is 11.1 Å². The molecule has 0 spiro atoms. The molecular formula is C19H22N6O8S2. The highest BCUT2D eigenvalue weighted by Gasteiger charge is 2.54. The van der Waals surface area contributed by atoms with Gasteiger partial charge in [0.15, 0.2) is 5.13 Å². The summed E-state index contributed by atoms with van der Waals surface area (Å²) >= 11 is 2.03. The Hall–Kier alpha value is -3.53. The fourth-order valence-corrected chi connectivity index (χ4v) is 4.86. The SMILES string of the molecule is CC(=O)CC(=O)OCC1=C(C(=O)O)N2C(=O)C(NC(=O)C(=NOC(C)C)c3nsc(N)n3)[C@H]2SC1. The average Bonchev–Trinajstić information content (AvgIpc) is 3.20. The number of nitrogens with zero attached hydrogens (tertiary/aromatic N) is 4. The number of hydrogen-bond acceptors (Lipinski definition) is 13. The van der Waals surface area contributed by atoms with E-state index in [2.05, 4.69) is 19.8 Å². The topological polar surface area (TPSA) is 203 Å². The molecule has 3 heterocycles. The number of ketones is 1. The minimum absolute atomic E-state index is 0.0774. The van der Waals surface area contributed by atoms with Crippen molar-refractivity contribution in [2.24, 2.45) is 5.16 Å². The Labute approximate surface area is 207 Å². The van der Waals surface area contributed by atoms with Crippen LogP contribution in [-0.4, -0.2) is 84.5 Å². The van der Waals surface area contributed by atoms with Crippen LogP contribution in [0, 0.1) is 0 Å². The molecule has 0 bridgehead atoms. The lowest BCUT2D eigenvalue weighted by molar-refractivity contribution is -0.150. The van der Waals surface area contributed by atoms with E-state index in [9.17, 15) is 29.1 Å². The number of β-lactam (4-membered cyclic amide) rings is 1. The van der Waals surface area contributed by atoms with Gasteiger partial charge in [-0.15, -0.1) is 11.8 Å². The van der Waals surface area contributed by atoms with Gasteiger partial charge < -0.3 is 25.7 Å². The van der Waals surface area contributed by atoms with Crippen molar-refractivity contribution in [3.8, 4) is 0 Å². The number of oxime groups is 1. The summed E-state index contributed by atoms with van der Waals surface area (Å²) in [5.41, 5.74) is 5.17. The number of carbonyl (C=O) groups is 5. The van der Waals surface area contributed by atoms with Gasteiger partial charge in [-0.2, -0.15) is 9.36 Å². The first-order valence-corrected chi connectivity index (χ1v) is 12.0. The molecule has 2 aliphatic heterocycles. The van der Waals surface area contributed by atoms with E-state index >= 15 is 0 Å². The van der Waals surface area contributed by atoms with Crippen LogP contribution in [0.5, 0.6) is 0 Å². The summed E-state index contributed by atoms with van der Waals surface area (Å²) in [6.07, 6.45) is -0.790. The molecule has 1 aromatic rings. The maximum absolute atomic E-state index is 12.9. The van der Waals surface area contributed by atoms with Gasteiger partial charge in [0.2, 0.25) is 11.5 Å². The lowest BCUT2D eigenvalue weighted by Gasteiger charge is -2.49. The molecule has 1 unspecified atom stereocenters. The fraction of sp³-hybridized carbons (Fsp3) is 0.474. The van der Waals surface area contributed by atoms with Gasteiger partial charge in [-0.3, -0.25) is 24.1 Å². The Morgan fingerprint density at radius 1 is 1.34 bits per heavy atom. The Bertz CT molecular complexity index is 1130. The van der Waals surface area contributed by atoms with E-state index in [1.165, 1.54) is 18.7 Å². The number of anilines is 1. The van der Waals surface area contributed by atoms with Gasteiger partial charge in [0.1, 0.15) is 42.0 Å². The summed E-state index contributed by atoms with van der Waals surface area (Å²) in [5.74, 6) is -4.01. The minimum atomic E-state index is -1.39. The molecule has 1 fully saturated rings. The highest BCUT2D eigenvalue weighted by atomic mass is 32.2. The van der Waals surface area contributed by atoms with Crippen LogP contribution in [0.4, 0.5) is 5.13 Å². The molecule has 16 heteroatoms. The molecule has 2 atom stereocenters. The van der Waals surface area contributed by atoms with E-state index in [0.29, 0.717) is 0 Å². The first-order valence-electron chi connectivity index (χ1n) is 10.2. The summed E-state index contributed by atoms with van der Waals surface area (Å²) in [6.45, 7) is 4.24. The van der Waals surface area contributed by atoms with Gasteiger partial charge in [-0.1, -0.05) is 5.16 Å². The molecule has 2 amide bonds. The maximum Gasteiger partial charge on any atom is 0.352 e. The first-order chi connectivity index (χ1) is 16.5. The van der Waals surface area contributed by atoms with E-state index in [1.54, 1.807) is 13.8 Å². The predicted octanol–water partition coefficient (Wildman–Crippen LogP) is -0.490. The molecule has 0 aromatic carbocycles. The van der Waals surface area contributed by atoms with Crippen molar-refractivity contribution in [1.29, 1.82) is 0 Å². The van der Waals surface area contributed by atoms with Crippen molar-refractivity contribution >= 4 is 63.7 Å². The number of amides is 2. The van der Waals surface area contributed by atoms with Crippen molar-refractivity contribution < 1.29 is 38.7 Å². The van der Waals surface area contributed by atoms with Gasteiger partial charge in [-0.25, -0.2) is 4.79 Å². The number of esters is 1. The van der Waals surface area contributed by atoms with Crippen LogP contribution in [0.3, 0.4) is 0 Å².